The van der Waals surface area contributed by atoms with Gasteiger partial charge in [0.05, 0.1) is 31.5 Å². The number of carbonyl (C=O) groups is 1. The summed E-state index contributed by atoms with van der Waals surface area (Å²) < 4.78 is 36.1. The van der Waals surface area contributed by atoms with Gasteiger partial charge in [-0.15, -0.1) is 0 Å². The quantitative estimate of drug-likeness (QED) is 0.122. The number of aliphatic hydroxyl groups is 9. The van der Waals surface area contributed by atoms with Gasteiger partial charge >= 0.3 is 5.97 Å². The van der Waals surface area contributed by atoms with Gasteiger partial charge in [0.1, 0.15) is 54.9 Å². The van der Waals surface area contributed by atoms with Crippen molar-refractivity contribution in [2.45, 2.75) is 211 Å². The Morgan fingerprint density at radius 1 is 0.703 bits per heavy atom. The lowest BCUT2D eigenvalue weighted by atomic mass is 9.33. The van der Waals surface area contributed by atoms with Gasteiger partial charge in [-0.3, -0.25) is 0 Å². The van der Waals surface area contributed by atoms with Gasteiger partial charge in [-0.1, -0.05) is 60.1 Å². The Kier molecular flexibility index (Phi) is 13.0. The zero-order chi connectivity index (χ0) is 46.9. The second-order valence-corrected chi connectivity index (χ2v) is 23.2. The first-order valence-corrected chi connectivity index (χ1v) is 23.7. The summed E-state index contributed by atoms with van der Waals surface area (Å²) in [6.45, 7) is 16.8. The number of hydrogen-bond acceptors (Lipinski definition) is 16. The van der Waals surface area contributed by atoms with Crippen LogP contribution >= 0.6 is 0 Å². The van der Waals surface area contributed by atoms with E-state index in [1.807, 2.05) is 6.92 Å². The van der Waals surface area contributed by atoms with E-state index in [4.69, 9.17) is 28.4 Å². The Morgan fingerprint density at radius 2 is 1.38 bits per heavy atom. The molecule has 8 aliphatic rings. The average Bonchev–Trinajstić information content (AvgIpc) is 3.22. The molecule has 64 heavy (non-hydrogen) atoms. The molecule has 17 nitrogen and oxygen atoms in total. The van der Waals surface area contributed by atoms with Crippen LogP contribution < -0.4 is 0 Å². The van der Waals surface area contributed by atoms with Crippen molar-refractivity contribution in [2.75, 3.05) is 13.2 Å². The molecule has 4 saturated carbocycles. The van der Waals surface area contributed by atoms with Crippen molar-refractivity contribution in [1.29, 1.82) is 0 Å². The standard InChI is InChI=1S/C47H76O17/c1-21-29(51)31(53)34(56)39(60-21)63-36-30(52)24(49)19-59-40(36)64-37-33(55)32(54)35(38(57)58)62-41(37)61-28-12-13-44(5)25(45(28,6)20-48)11-14-47(8)26(44)10-9-22-23-17-42(2,3)18-27(50)43(23,4)15-16-46(22,47)7/h9,21,23-37,39-41,48-56H,10-20H2,1-8H3,(H,57,58)/t21-,23-,24-,25+,26+,27-,28-,29-,30-,31+,32-,33-,34+,35-,36+,37+,39-,40-,41+,43+,44-,45+,46+,47+/m0/s1. The fourth-order valence-electron chi connectivity index (χ4n) is 14.8. The van der Waals surface area contributed by atoms with Crippen LogP contribution in [0.15, 0.2) is 11.6 Å². The topological polar surface area (TPSA) is 275 Å². The zero-order valence-electron chi connectivity index (χ0n) is 38.7. The van der Waals surface area contributed by atoms with E-state index in [1.54, 1.807) is 0 Å². The van der Waals surface area contributed by atoms with Crippen LogP contribution in [0, 0.1) is 50.2 Å². The van der Waals surface area contributed by atoms with Crippen LogP contribution in [-0.2, 0) is 33.2 Å². The highest BCUT2D eigenvalue weighted by Gasteiger charge is 2.70. The Balaban J connectivity index is 1.06. The molecule has 366 valence electrons. The van der Waals surface area contributed by atoms with E-state index >= 15 is 0 Å². The second kappa shape index (κ2) is 16.9. The van der Waals surface area contributed by atoms with Gasteiger partial charge in [0.25, 0.3) is 0 Å². The van der Waals surface area contributed by atoms with Gasteiger partial charge < -0.3 is 79.5 Å². The van der Waals surface area contributed by atoms with Crippen molar-refractivity contribution in [2.24, 2.45) is 50.2 Å². The molecule has 24 atom stereocenters. The third-order valence-corrected chi connectivity index (χ3v) is 19.1. The number of carboxylic acid groups (broad SMARTS) is 1. The molecule has 5 aliphatic carbocycles. The summed E-state index contributed by atoms with van der Waals surface area (Å²) in [6.07, 6.45) is -14.5. The molecule has 0 unspecified atom stereocenters. The van der Waals surface area contributed by atoms with Crippen LogP contribution in [0.3, 0.4) is 0 Å². The van der Waals surface area contributed by atoms with Crippen molar-refractivity contribution < 1.29 is 84.3 Å². The number of aliphatic hydroxyl groups excluding tert-OH is 9. The molecular weight excluding hydrogens is 837 g/mol. The van der Waals surface area contributed by atoms with Gasteiger partial charge in [0, 0.05) is 10.8 Å². The van der Waals surface area contributed by atoms with Gasteiger partial charge in [0.2, 0.25) is 0 Å². The van der Waals surface area contributed by atoms with E-state index in [0.717, 1.165) is 44.9 Å². The van der Waals surface area contributed by atoms with E-state index in [1.165, 1.54) is 12.5 Å². The van der Waals surface area contributed by atoms with Crippen molar-refractivity contribution in [3.63, 3.8) is 0 Å². The molecule has 3 heterocycles. The Hall–Kier alpha value is -1.39. The summed E-state index contributed by atoms with van der Waals surface area (Å²) in [6, 6.07) is 0. The van der Waals surface area contributed by atoms with E-state index < -0.39 is 110 Å². The molecule has 0 aromatic carbocycles. The minimum absolute atomic E-state index is 0.0286. The van der Waals surface area contributed by atoms with E-state index in [-0.39, 0.29) is 51.6 Å². The lowest BCUT2D eigenvalue weighted by molar-refractivity contribution is -0.387. The summed E-state index contributed by atoms with van der Waals surface area (Å²) in [5.41, 5.74) is 0.0929. The molecule has 0 spiro atoms. The molecule has 0 bridgehead atoms. The minimum Gasteiger partial charge on any atom is -0.479 e. The molecule has 7 fully saturated rings. The van der Waals surface area contributed by atoms with Crippen LogP contribution in [0.2, 0.25) is 0 Å². The summed E-state index contributed by atoms with van der Waals surface area (Å²) in [7, 11) is 0. The number of allylic oxidation sites excluding steroid dienone is 2. The molecule has 0 aromatic heterocycles. The first-order valence-electron chi connectivity index (χ1n) is 23.7. The van der Waals surface area contributed by atoms with Crippen molar-refractivity contribution in [1.82, 2.24) is 0 Å². The van der Waals surface area contributed by atoms with Gasteiger partial charge in [0.15, 0.2) is 25.0 Å². The van der Waals surface area contributed by atoms with Crippen LogP contribution in [0.4, 0.5) is 0 Å². The Morgan fingerprint density at radius 3 is 2.05 bits per heavy atom. The van der Waals surface area contributed by atoms with E-state index in [2.05, 4.69) is 47.6 Å². The molecule has 0 aromatic rings. The van der Waals surface area contributed by atoms with Gasteiger partial charge in [-0.05, 0) is 104 Å². The predicted octanol–water partition coefficient (Wildman–Crippen LogP) is 1.34. The summed E-state index contributed by atoms with van der Waals surface area (Å²) in [5.74, 6) is -1.05. The normalized spacial score (nSPS) is 56.1. The molecule has 10 N–H and O–H groups in total. The Bertz CT molecular complexity index is 1760. The first-order chi connectivity index (χ1) is 29.8. The average molecular weight is 913 g/mol. The van der Waals surface area contributed by atoms with Crippen molar-refractivity contribution in [3.05, 3.63) is 11.6 Å². The monoisotopic (exact) mass is 913 g/mol. The molecular formula is C47H76O17. The number of ether oxygens (including phenoxy) is 6. The van der Waals surface area contributed by atoms with Crippen LogP contribution in [0.5, 0.6) is 0 Å². The highest BCUT2D eigenvalue weighted by atomic mass is 16.8. The third-order valence-electron chi connectivity index (χ3n) is 19.1. The lowest BCUT2D eigenvalue weighted by Crippen LogP contribution is -2.68. The highest BCUT2D eigenvalue weighted by Crippen LogP contribution is 2.76. The van der Waals surface area contributed by atoms with Crippen LogP contribution in [0.25, 0.3) is 0 Å². The second-order valence-electron chi connectivity index (χ2n) is 23.2. The first kappa shape index (κ1) is 49.0. The van der Waals surface area contributed by atoms with Gasteiger partial charge in [-0.25, -0.2) is 4.79 Å². The van der Waals surface area contributed by atoms with Crippen molar-refractivity contribution >= 4 is 5.97 Å². The fourth-order valence-corrected chi connectivity index (χ4v) is 14.8. The highest BCUT2D eigenvalue weighted by molar-refractivity contribution is 5.73. The molecule has 3 saturated heterocycles. The van der Waals surface area contributed by atoms with E-state index in [9.17, 15) is 55.9 Å². The predicted molar refractivity (Wildman–Crippen MR) is 225 cm³/mol. The van der Waals surface area contributed by atoms with Crippen LogP contribution in [-0.4, -0.2) is 168 Å². The van der Waals surface area contributed by atoms with E-state index in [0.29, 0.717) is 18.8 Å². The van der Waals surface area contributed by atoms with Crippen LogP contribution in [0.1, 0.15) is 113 Å². The summed E-state index contributed by atoms with van der Waals surface area (Å²) in [4.78, 5) is 12.4. The number of rotatable bonds is 8. The minimum atomic E-state index is -2.01. The lowest BCUT2D eigenvalue weighted by Gasteiger charge is -2.72. The smallest absolute Gasteiger partial charge is 0.335 e. The zero-order valence-corrected chi connectivity index (χ0v) is 38.7. The molecule has 3 aliphatic heterocycles. The fraction of sp³-hybridized carbons (Fsp3) is 0.936. The molecule has 8 rings (SSSR count). The number of carboxylic acids is 1. The number of aliphatic carboxylic acids is 1. The maximum Gasteiger partial charge on any atom is 0.335 e. The SMILES string of the molecule is C[C@@H]1O[C@@H](O[C@H]2[C@H](O[C@H]3[C@H](O[C@H]4CC[C@@]5(C)[C@@H](CC[C@]6(C)[C@@H]5CC=C5[C@@H]7CC(C)(C)C[C@H](O)[C@]7(C)CC[C@]56C)[C@@]4(C)CO)O[C@H](C(=O)O)[C@@H](O)[C@@H]3O)OC[C@H](O)[C@@H]2O)[C@H](O)[C@H](O)[C@H]1O. The van der Waals surface area contributed by atoms with Gasteiger partial charge in [-0.2, -0.15) is 0 Å². The maximum absolute atomic E-state index is 12.4. The number of fused-ring (bicyclic) bond motifs is 7. The third kappa shape index (κ3) is 7.49. The largest absolute Gasteiger partial charge is 0.479 e. The number of hydrogen-bond donors (Lipinski definition) is 10. The molecule has 17 heteroatoms. The maximum atomic E-state index is 12.4. The van der Waals surface area contributed by atoms with Crippen molar-refractivity contribution in [3.8, 4) is 0 Å². The summed E-state index contributed by atoms with van der Waals surface area (Å²) in [5, 5.41) is 109. The Labute approximate surface area is 376 Å². The molecule has 0 radical (unpaired) electrons. The molecule has 0 amide bonds. The summed E-state index contributed by atoms with van der Waals surface area (Å²) >= 11 is 0.